The molecule has 0 radical (unpaired) electrons. The lowest BCUT2D eigenvalue weighted by Crippen LogP contribution is -2.21. The molecule has 2 aromatic rings. The standard InChI is InChI=1S/C20H22FNO2/c1-22(2)20(23)16-9-12-19(18(21)13-16)24-17-10-7-15(8-11-17)14-5-3-4-6-14/h7-14H,3-6H2,1-2H3. The van der Waals surface area contributed by atoms with E-state index in [4.69, 9.17) is 4.74 Å². The maximum absolute atomic E-state index is 14.2. The Balaban J connectivity index is 1.72. The molecule has 1 fully saturated rings. The maximum Gasteiger partial charge on any atom is 0.253 e. The Hall–Kier alpha value is -2.36. The molecule has 24 heavy (non-hydrogen) atoms. The zero-order valence-electron chi connectivity index (χ0n) is 14.1. The molecule has 1 aliphatic rings. The van der Waals surface area contributed by atoms with Gasteiger partial charge in [0, 0.05) is 19.7 Å². The van der Waals surface area contributed by atoms with Gasteiger partial charge in [-0.2, -0.15) is 0 Å². The van der Waals surface area contributed by atoms with E-state index in [2.05, 4.69) is 12.1 Å². The minimum atomic E-state index is -0.539. The van der Waals surface area contributed by atoms with Crippen molar-refractivity contribution in [3.8, 4) is 11.5 Å². The molecular formula is C20H22FNO2. The highest BCUT2D eigenvalue weighted by atomic mass is 19.1. The van der Waals surface area contributed by atoms with Crippen LogP contribution in [0.25, 0.3) is 0 Å². The molecule has 0 N–H and O–H groups in total. The summed E-state index contributed by atoms with van der Waals surface area (Å²) in [4.78, 5) is 13.3. The zero-order valence-corrected chi connectivity index (χ0v) is 14.1. The van der Waals surface area contributed by atoms with Gasteiger partial charge in [-0.25, -0.2) is 4.39 Å². The monoisotopic (exact) mass is 327 g/mol. The molecule has 0 spiro atoms. The van der Waals surface area contributed by atoms with Gasteiger partial charge in [-0.3, -0.25) is 4.79 Å². The van der Waals surface area contributed by atoms with Crippen molar-refractivity contribution in [2.24, 2.45) is 0 Å². The summed E-state index contributed by atoms with van der Waals surface area (Å²) in [6, 6.07) is 12.2. The molecule has 0 aliphatic heterocycles. The van der Waals surface area contributed by atoms with Crippen molar-refractivity contribution >= 4 is 5.91 Å². The van der Waals surface area contributed by atoms with Gasteiger partial charge in [0.1, 0.15) is 5.75 Å². The van der Waals surface area contributed by atoms with Crippen LogP contribution in [0.2, 0.25) is 0 Å². The SMILES string of the molecule is CN(C)C(=O)c1ccc(Oc2ccc(C3CCCC3)cc2)c(F)c1. The molecule has 3 rings (SSSR count). The van der Waals surface area contributed by atoms with Gasteiger partial charge in [0.05, 0.1) is 0 Å². The zero-order chi connectivity index (χ0) is 17.1. The van der Waals surface area contributed by atoms with Crippen LogP contribution in [0.4, 0.5) is 4.39 Å². The number of hydrogen-bond donors (Lipinski definition) is 0. The highest BCUT2D eigenvalue weighted by Gasteiger charge is 2.17. The largest absolute Gasteiger partial charge is 0.454 e. The van der Waals surface area contributed by atoms with Crippen LogP contribution in [0.1, 0.15) is 47.5 Å². The number of carbonyl (C=O) groups is 1. The summed E-state index contributed by atoms with van der Waals surface area (Å²) in [7, 11) is 3.27. The molecule has 0 bridgehead atoms. The highest BCUT2D eigenvalue weighted by Crippen LogP contribution is 2.35. The summed E-state index contributed by atoms with van der Waals surface area (Å²) < 4.78 is 19.8. The van der Waals surface area contributed by atoms with Crippen LogP contribution in [-0.2, 0) is 0 Å². The lowest BCUT2D eigenvalue weighted by atomic mass is 9.98. The third kappa shape index (κ3) is 3.58. The molecule has 3 nitrogen and oxygen atoms in total. The Morgan fingerprint density at radius 3 is 2.33 bits per heavy atom. The predicted octanol–water partition coefficient (Wildman–Crippen LogP) is 4.98. The Morgan fingerprint density at radius 1 is 1.08 bits per heavy atom. The van der Waals surface area contributed by atoms with Gasteiger partial charge in [-0.05, 0) is 54.7 Å². The molecular weight excluding hydrogens is 305 g/mol. The van der Waals surface area contributed by atoms with Crippen LogP contribution in [0.3, 0.4) is 0 Å². The Kier molecular flexibility index (Phi) is 4.84. The summed E-state index contributed by atoms with van der Waals surface area (Å²) in [5.74, 6) is 0.595. The predicted molar refractivity (Wildman–Crippen MR) is 92.1 cm³/mol. The molecule has 0 unspecified atom stereocenters. The van der Waals surface area contributed by atoms with Crippen LogP contribution >= 0.6 is 0 Å². The summed E-state index contributed by atoms with van der Waals surface area (Å²) in [5.41, 5.74) is 1.63. The van der Waals surface area contributed by atoms with Crippen molar-refractivity contribution in [2.45, 2.75) is 31.6 Å². The highest BCUT2D eigenvalue weighted by molar-refractivity contribution is 5.94. The average Bonchev–Trinajstić information content (AvgIpc) is 3.11. The average molecular weight is 327 g/mol. The number of benzene rings is 2. The lowest BCUT2D eigenvalue weighted by Gasteiger charge is -2.13. The minimum Gasteiger partial charge on any atom is -0.454 e. The summed E-state index contributed by atoms with van der Waals surface area (Å²) in [5, 5.41) is 0. The third-order valence-electron chi connectivity index (χ3n) is 4.52. The number of amides is 1. The van der Waals surface area contributed by atoms with Crippen molar-refractivity contribution in [3.63, 3.8) is 0 Å². The van der Waals surface area contributed by atoms with Crippen molar-refractivity contribution in [1.29, 1.82) is 0 Å². The molecule has 0 atom stereocenters. The second kappa shape index (κ2) is 7.04. The lowest BCUT2D eigenvalue weighted by molar-refractivity contribution is 0.0827. The van der Waals surface area contributed by atoms with Gasteiger partial charge in [0.25, 0.3) is 5.91 Å². The van der Waals surface area contributed by atoms with Gasteiger partial charge in [0.2, 0.25) is 0 Å². The van der Waals surface area contributed by atoms with E-state index in [1.807, 2.05) is 12.1 Å². The van der Waals surface area contributed by atoms with Crippen LogP contribution in [0.15, 0.2) is 42.5 Å². The van der Waals surface area contributed by atoms with Gasteiger partial charge < -0.3 is 9.64 Å². The van der Waals surface area contributed by atoms with Gasteiger partial charge in [-0.1, -0.05) is 25.0 Å². The number of hydrogen-bond acceptors (Lipinski definition) is 2. The molecule has 0 saturated heterocycles. The first-order valence-corrected chi connectivity index (χ1v) is 8.33. The molecule has 1 saturated carbocycles. The van der Waals surface area contributed by atoms with Crippen molar-refractivity contribution in [3.05, 3.63) is 59.4 Å². The topological polar surface area (TPSA) is 29.5 Å². The minimum absolute atomic E-state index is 0.124. The van der Waals surface area contributed by atoms with E-state index in [9.17, 15) is 9.18 Å². The smallest absolute Gasteiger partial charge is 0.253 e. The number of halogens is 1. The van der Waals surface area contributed by atoms with E-state index in [0.717, 1.165) is 0 Å². The summed E-state index contributed by atoms with van der Waals surface area (Å²) in [6.07, 6.45) is 5.09. The first kappa shape index (κ1) is 16.5. The molecule has 2 aromatic carbocycles. The maximum atomic E-state index is 14.2. The molecule has 0 aromatic heterocycles. The number of rotatable bonds is 4. The van der Waals surface area contributed by atoms with Crippen LogP contribution in [-0.4, -0.2) is 24.9 Å². The molecule has 4 heteroatoms. The fourth-order valence-electron chi connectivity index (χ4n) is 3.17. The van der Waals surface area contributed by atoms with Gasteiger partial charge in [0.15, 0.2) is 11.6 Å². The van der Waals surface area contributed by atoms with E-state index < -0.39 is 5.82 Å². The van der Waals surface area contributed by atoms with Crippen molar-refractivity contribution in [1.82, 2.24) is 4.90 Å². The van der Waals surface area contributed by atoms with E-state index in [-0.39, 0.29) is 11.7 Å². The van der Waals surface area contributed by atoms with E-state index >= 15 is 0 Å². The van der Waals surface area contributed by atoms with Crippen LogP contribution in [0.5, 0.6) is 11.5 Å². The van der Waals surface area contributed by atoms with E-state index in [0.29, 0.717) is 17.2 Å². The number of carbonyl (C=O) groups excluding carboxylic acids is 1. The van der Waals surface area contributed by atoms with Crippen LogP contribution < -0.4 is 4.74 Å². The first-order valence-electron chi connectivity index (χ1n) is 8.33. The number of ether oxygens (including phenoxy) is 1. The fourth-order valence-corrected chi connectivity index (χ4v) is 3.17. The Labute approximate surface area is 142 Å². The molecule has 1 amide bonds. The Morgan fingerprint density at radius 2 is 1.75 bits per heavy atom. The van der Waals surface area contributed by atoms with Crippen molar-refractivity contribution in [2.75, 3.05) is 14.1 Å². The molecule has 126 valence electrons. The van der Waals surface area contributed by atoms with Gasteiger partial charge >= 0.3 is 0 Å². The van der Waals surface area contributed by atoms with Crippen LogP contribution in [0, 0.1) is 5.82 Å². The fraction of sp³-hybridized carbons (Fsp3) is 0.350. The van der Waals surface area contributed by atoms with E-state index in [1.54, 1.807) is 20.2 Å². The van der Waals surface area contributed by atoms with Gasteiger partial charge in [-0.15, -0.1) is 0 Å². The summed E-state index contributed by atoms with van der Waals surface area (Å²) in [6.45, 7) is 0. The second-order valence-electron chi connectivity index (χ2n) is 6.50. The quantitative estimate of drug-likeness (QED) is 0.793. The normalized spacial score (nSPS) is 14.6. The molecule has 1 aliphatic carbocycles. The third-order valence-corrected chi connectivity index (χ3v) is 4.52. The molecule has 0 heterocycles. The van der Waals surface area contributed by atoms with Crippen molar-refractivity contribution < 1.29 is 13.9 Å². The second-order valence-corrected chi connectivity index (χ2v) is 6.50. The Bertz CT molecular complexity index is 719. The van der Waals surface area contributed by atoms with E-state index in [1.165, 1.54) is 48.3 Å². The first-order chi connectivity index (χ1) is 11.5. The summed E-state index contributed by atoms with van der Waals surface area (Å²) >= 11 is 0. The number of nitrogens with zero attached hydrogens (tertiary/aromatic N) is 1.